The highest BCUT2D eigenvalue weighted by Crippen LogP contribution is 2.39. The van der Waals surface area contributed by atoms with Gasteiger partial charge in [-0.1, -0.05) is 118 Å². The Balaban J connectivity index is 1.43. The molecular formula is C46H48N4. The molecule has 6 rings (SSSR count). The minimum Gasteiger partial charge on any atom is -0.340 e. The van der Waals surface area contributed by atoms with E-state index in [-0.39, 0.29) is 5.92 Å². The fourth-order valence-corrected chi connectivity index (χ4v) is 6.86. The molecule has 0 radical (unpaired) electrons. The number of hydrogen-bond acceptors (Lipinski definition) is 3. The molecule has 2 aliphatic rings. The first kappa shape index (κ1) is 34.4. The van der Waals surface area contributed by atoms with Crippen LogP contribution in [0.25, 0.3) is 28.5 Å². The third-order valence-electron chi connectivity index (χ3n) is 9.45. The van der Waals surface area contributed by atoms with Gasteiger partial charge in [-0.05, 0) is 91.3 Å². The summed E-state index contributed by atoms with van der Waals surface area (Å²) in [4.78, 5) is 12.7. The first-order valence-corrected chi connectivity index (χ1v) is 17.7. The van der Waals surface area contributed by atoms with E-state index in [2.05, 4.69) is 147 Å². The van der Waals surface area contributed by atoms with Gasteiger partial charge in [-0.3, -0.25) is 4.57 Å². The molecule has 4 heteroatoms. The van der Waals surface area contributed by atoms with Crippen LogP contribution in [-0.2, 0) is 13.0 Å². The molecule has 50 heavy (non-hydrogen) atoms. The summed E-state index contributed by atoms with van der Waals surface area (Å²) in [5.74, 6) is 0.978. The van der Waals surface area contributed by atoms with Gasteiger partial charge in [0.1, 0.15) is 0 Å². The Morgan fingerprint density at radius 1 is 0.920 bits per heavy atom. The molecule has 2 aromatic carbocycles. The van der Waals surface area contributed by atoms with E-state index in [4.69, 9.17) is 9.97 Å². The average Bonchev–Trinajstić information content (AvgIpc) is 3.44. The molecule has 0 atom stereocenters. The van der Waals surface area contributed by atoms with Gasteiger partial charge in [0.25, 0.3) is 0 Å². The maximum absolute atomic E-state index is 5.20. The minimum atomic E-state index is 0.280. The quantitative estimate of drug-likeness (QED) is 0.126. The van der Waals surface area contributed by atoms with Crippen molar-refractivity contribution in [3.63, 3.8) is 0 Å². The lowest BCUT2D eigenvalue weighted by Gasteiger charge is -2.35. The smallest absolute Gasteiger partial charge is 0.235 e. The predicted octanol–water partition coefficient (Wildman–Crippen LogP) is 11.7. The van der Waals surface area contributed by atoms with Crippen LogP contribution in [-0.4, -0.2) is 19.4 Å². The summed E-state index contributed by atoms with van der Waals surface area (Å²) in [6, 6.07) is 19.3. The van der Waals surface area contributed by atoms with Crippen molar-refractivity contribution < 1.29 is 0 Å². The van der Waals surface area contributed by atoms with Gasteiger partial charge in [-0.15, -0.1) is 0 Å². The van der Waals surface area contributed by atoms with Crippen molar-refractivity contribution >= 4 is 22.6 Å². The molecule has 2 aromatic heterocycles. The number of hydrogen-bond donors (Lipinski definition) is 0. The maximum Gasteiger partial charge on any atom is 0.235 e. The highest BCUT2D eigenvalue weighted by Gasteiger charge is 2.25. The molecular weight excluding hydrogens is 609 g/mol. The highest BCUT2D eigenvalue weighted by atomic mass is 15.2. The summed E-state index contributed by atoms with van der Waals surface area (Å²) in [6.45, 7) is 20.5. The van der Waals surface area contributed by atoms with Crippen LogP contribution in [0.5, 0.6) is 0 Å². The summed E-state index contributed by atoms with van der Waals surface area (Å²) >= 11 is 0. The third kappa shape index (κ3) is 7.11. The number of allylic oxidation sites excluding steroid dienone is 13. The zero-order valence-electron chi connectivity index (χ0n) is 30.2. The summed E-state index contributed by atoms with van der Waals surface area (Å²) in [7, 11) is 0. The minimum absolute atomic E-state index is 0.280. The van der Waals surface area contributed by atoms with Crippen LogP contribution < -0.4 is 0 Å². The average molecular weight is 657 g/mol. The lowest BCUT2D eigenvalue weighted by molar-refractivity contribution is 0.421. The van der Waals surface area contributed by atoms with Gasteiger partial charge in [0.15, 0.2) is 0 Å². The van der Waals surface area contributed by atoms with E-state index in [1.54, 1.807) is 0 Å². The fourth-order valence-electron chi connectivity index (χ4n) is 6.86. The van der Waals surface area contributed by atoms with Crippen LogP contribution in [0.4, 0.5) is 0 Å². The van der Waals surface area contributed by atoms with E-state index in [0.717, 1.165) is 59.4 Å². The van der Waals surface area contributed by atoms with Crippen LogP contribution in [0.15, 0.2) is 151 Å². The molecule has 0 fully saturated rings. The molecule has 0 saturated carbocycles. The normalized spacial score (nSPS) is 16.8. The molecule has 1 aliphatic carbocycles. The monoisotopic (exact) mass is 656 g/mol. The van der Waals surface area contributed by atoms with Gasteiger partial charge < -0.3 is 4.90 Å². The summed E-state index contributed by atoms with van der Waals surface area (Å²) in [6.07, 6.45) is 26.1. The van der Waals surface area contributed by atoms with E-state index in [0.29, 0.717) is 5.95 Å². The first-order valence-electron chi connectivity index (χ1n) is 17.7. The predicted molar refractivity (Wildman–Crippen MR) is 213 cm³/mol. The molecule has 4 nitrogen and oxygen atoms in total. The largest absolute Gasteiger partial charge is 0.340 e. The Hall–Kier alpha value is -5.48. The highest BCUT2D eigenvalue weighted by molar-refractivity contribution is 5.83. The fraction of sp³-hybridized carbons (Fsp3) is 0.217. The standard InChI is InChI=1S/C46H48N4/c1-8-10-11-12-24-41-39-23-16-17-25-42(39)48-46(47-41)50-43(34(6)29-45(50)32(3)4)28-27-33(5)36-20-14-18-26-44-40(30-36)38-22-15-13-21-37(38)31-49(44)35(7)19-9-2/h8-19,21-23,25,27-30,32H,5,7,20,24,26,31H2,1-4,6H3/b10-8-,12-11-,18-14-,19-9-,28-27-,36-30+. The Kier molecular flexibility index (Phi) is 10.6. The number of para-hydroxylation sites is 1. The molecule has 252 valence electrons. The zero-order chi connectivity index (χ0) is 35.2. The number of aromatic nitrogens is 3. The number of nitrogens with zero attached hydrogens (tertiary/aromatic N) is 4. The molecule has 3 heterocycles. The molecule has 4 aromatic rings. The van der Waals surface area contributed by atoms with Crippen LogP contribution in [0.2, 0.25) is 0 Å². The molecule has 0 N–H and O–H groups in total. The third-order valence-corrected chi connectivity index (χ3v) is 9.45. The first-order chi connectivity index (χ1) is 24.3. The topological polar surface area (TPSA) is 34.0 Å². The number of aryl methyl sites for hydroxylation is 1. The van der Waals surface area contributed by atoms with Gasteiger partial charge in [0.2, 0.25) is 5.95 Å². The van der Waals surface area contributed by atoms with Gasteiger partial charge in [-0.25, -0.2) is 9.97 Å². The Morgan fingerprint density at radius 3 is 2.50 bits per heavy atom. The van der Waals surface area contributed by atoms with Gasteiger partial charge in [0, 0.05) is 47.4 Å². The van der Waals surface area contributed by atoms with E-state index in [1.807, 2.05) is 32.1 Å². The zero-order valence-corrected chi connectivity index (χ0v) is 30.2. The Labute approximate surface area is 298 Å². The molecule has 0 bridgehead atoms. The van der Waals surface area contributed by atoms with Crippen molar-refractivity contribution in [2.75, 3.05) is 0 Å². The van der Waals surface area contributed by atoms with Crippen LogP contribution in [0.3, 0.4) is 0 Å². The van der Waals surface area contributed by atoms with Crippen molar-refractivity contribution in [1.82, 2.24) is 19.4 Å². The SMILES string of the molecule is C=C(/C=C\c1c(C)cc(C(C)C)n1-c1nc(C/C=C\C=C/C)c2ccccc2n1)/C1=C/C2=C(C/C=C\C1)N(C(=C)/C=C\C)Cc1ccccc12. The number of benzene rings is 2. The Bertz CT molecular complexity index is 2150. The van der Waals surface area contributed by atoms with E-state index >= 15 is 0 Å². The van der Waals surface area contributed by atoms with Crippen LogP contribution >= 0.6 is 0 Å². The van der Waals surface area contributed by atoms with Crippen molar-refractivity contribution in [3.05, 3.63) is 185 Å². The maximum atomic E-state index is 5.20. The lowest BCUT2D eigenvalue weighted by Crippen LogP contribution is -2.26. The lowest BCUT2D eigenvalue weighted by atomic mass is 9.87. The summed E-state index contributed by atoms with van der Waals surface area (Å²) in [5, 5.41) is 1.08. The molecule has 0 spiro atoms. The molecule has 0 unspecified atom stereocenters. The van der Waals surface area contributed by atoms with E-state index < -0.39 is 0 Å². The second-order valence-electron chi connectivity index (χ2n) is 13.3. The molecule has 0 saturated heterocycles. The summed E-state index contributed by atoms with van der Waals surface area (Å²) in [5.41, 5.74) is 13.7. The van der Waals surface area contributed by atoms with Crippen molar-refractivity contribution in [2.24, 2.45) is 0 Å². The van der Waals surface area contributed by atoms with Gasteiger partial charge >= 0.3 is 0 Å². The van der Waals surface area contributed by atoms with Crippen molar-refractivity contribution in [2.45, 2.75) is 66.3 Å². The van der Waals surface area contributed by atoms with Gasteiger partial charge in [0.05, 0.1) is 16.9 Å². The van der Waals surface area contributed by atoms with Crippen molar-refractivity contribution in [3.8, 4) is 5.95 Å². The molecule has 1 aliphatic heterocycles. The van der Waals surface area contributed by atoms with Crippen molar-refractivity contribution in [1.29, 1.82) is 0 Å². The number of fused-ring (bicyclic) bond motifs is 3. The number of rotatable bonds is 10. The second kappa shape index (κ2) is 15.4. The summed E-state index contributed by atoms with van der Waals surface area (Å²) < 4.78 is 2.24. The van der Waals surface area contributed by atoms with Gasteiger partial charge in [-0.2, -0.15) is 0 Å². The Morgan fingerprint density at radius 2 is 1.70 bits per heavy atom. The van der Waals surface area contributed by atoms with E-state index in [1.165, 1.54) is 39.2 Å². The molecule has 0 amide bonds. The van der Waals surface area contributed by atoms with Crippen LogP contribution in [0.1, 0.15) is 80.2 Å². The van der Waals surface area contributed by atoms with Crippen LogP contribution in [0, 0.1) is 6.92 Å². The second-order valence-corrected chi connectivity index (χ2v) is 13.3. The van der Waals surface area contributed by atoms with E-state index in [9.17, 15) is 0 Å².